The molecule has 1 atom stereocenters. The summed E-state index contributed by atoms with van der Waals surface area (Å²) in [5.74, 6) is 1.92. The fourth-order valence-corrected chi connectivity index (χ4v) is 5.94. The van der Waals surface area contributed by atoms with E-state index in [2.05, 4.69) is 49.6 Å². The molecule has 0 amide bonds. The molecule has 2 aliphatic heterocycles. The predicted molar refractivity (Wildman–Crippen MR) is 162 cm³/mol. The Bertz CT molecular complexity index is 1620. The van der Waals surface area contributed by atoms with Crippen molar-refractivity contribution in [2.24, 2.45) is 0 Å². The van der Waals surface area contributed by atoms with E-state index >= 15 is 0 Å². The Balaban J connectivity index is 1.22. The normalized spacial score (nSPS) is 20.0. The number of hydrogen-bond acceptors (Lipinski definition) is 9. The number of benzene rings is 1. The molecule has 1 aromatic carbocycles. The maximum Gasteiger partial charge on any atom is 0.405 e. The van der Waals surface area contributed by atoms with Crippen molar-refractivity contribution in [3.05, 3.63) is 60.6 Å². The van der Waals surface area contributed by atoms with Crippen LogP contribution < -0.4 is 20.4 Å². The van der Waals surface area contributed by atoms with Crippen molar-refractivity contribution in [1.82, 2.24) is 30.2 Å². The summed E-state index contributed by atoms with van der Waals surface area (Å²) in [6.45, 7) is 4.42. The van der Waals surface area contributed by atoms with Gasteiger partial charge in [-0.15, -0.1) is 0 Å². The first-order valence-corrected chi connectivity index (χ1v) is 14.8. The van der Waals surface area contributed by atoms with Gasteiger partial charge in [0.15, 0.2) is 5.82 Å². The number of nitrogens with zero attached hydrogens (tertiary/aromatic N) is 7. The number of likely N-dealkylation sites (N-methyl/N-ethyl adjacent to an activating group) is 1. The van der Waals surface area contributed by atoms with Crippen molar-refractivity contribution >= 4 is 33.9 Å². The van der Waals surface area contributed by atoms with Crippen LogP contribution in [-0.4, -0.2) is 89.9 Å². The number of halogens is 3. The Kier molecular flexibility index (Phi) is 7.26. The molecular weight excluding hydrogens is 555 g/mol. The molecule has 224 valence electrons. The number of fused-ring (bicyclic) bond motifs is 1. The molecule has 3 aliphatic rings. The topological polar surface area (TPSA) is 85.3 Å². The van der Waals surface area contributed by atoms with Gasteiger partial charge in [0.2, 0.25) is 0 Å². The standard InChI is InChI=1S/C31H34F3N9/c1-41-11-13-42(14-12-41)23-4-2-3-22(16-23)38-27-15-21(7-8-37-27)29-39-25-18-35-17-24(20-5-6-20)28(25)30(40-29)43-10-9-36-26(19-43)31(32,33)34/h2-4,7-8,15-18,20,26,36H,5-6,9-14,19H2,1H3,(H,37,38). The lowest BCUT2D eigenvalue weighted by Gasteiger charge is -2.36. The number of nitrogens with one attached hydrogen (secondary N) is 2. The van der Waals surface area contributed by atoms with Crippen LogP contribution in [0.25, 0.3) is 22.3 Å². The summed E-state index contributed by atoms with van der Waals surface area (Å²) in [6, 6.07) is 10.4. The summed E-state index contributed by atoms with van der Waals surface area (Å²) in [6.07, 6.45) is 2.91. The lowest BCUT2D eigenvalue weighted by Crippen LogP contribution is -2.57. The van der Waals surface area contributed by atoms with Gasteiger partial charge in [0, 0.05) is 80.5 Å². The van der Waals surface area contributed by atoms with E-state index in [-0.39, 0.29) is 13.1 Å². The van der Waals surface area contributed by atoms with Crippen LogP contribution in [0.4, 0.5) is 36.2 Å². The lowest BCUT2D eigenvalue weighted by molar-refractivity contribution is -0.155. The summed E-state index contributed by atoms with van der Waals surface area (Å²) in [4.78, 5) is 25.2. The first kappa shape index (κ1) is 27.8. The molecule has 0 bridgehead atoms. The zero-order chi connectivity index (χ0) is 29.6. The van der Waals surface area contributed by atoms with Crippen molar-refractivity contribution in [2.75, 3.05) is 68.0 Å². The quantitative estimate of drug-likeness (QED) is 0.330. The monoisotopic (exact) mass is 589 g/mol. The molecule has 9 nitrogen and oxygen atoms in total. The Morgan fingerprint density at radius 1 is 0.953 bits per heavy atom. The second kappa shape index (κ2) is 11.2. The Labute approximate surface area is 248 Å². The molecule has 4 aromatic rings. The molecule has 3 fully saturated rings. The number of alkyl halides is 3. The van der Waals surface area contributed by atoms with E-state index in [0.29, 0.717) is 35.4 Å². The molecule has 43 heavy (non-hydrogen) atoms. The summed E-state index contributed by atoms with van der Waals surface area (Å²) in [5, 5.41) is 6.83. The molecule has 1 unspecified atom stereocenters. The molecule has 0 spiro atoms. The molecular formula is C31H34F3N9. The summed E-state index contributed by atoms with van der Waals surface area (Å²) >= 11 is 0. The highest BCUT2D eigenvalue weighted by molar-refractivity contribution is 5.94. The Morgan fingerprint density at radius 3 is 2.58 bits per heavy atom. The van der Waals surface area contributed by atoms with Gasteiger partial charge >= 0.3 is 6.18 Å². The Hall–Kier alpha value is -4.03. The van der Waals surface area contributed by atoms with E-state index < -0.39 is 12.2 Å². The van der Waals surface area contributed by atoms with Gasteiger partial charge in [0.05, 0.1) is 11.7 Å². The predicted octanol–water partition coefficient (Wildman–Crippen LogP) is 4.80. The van der Waals surface area contributed by atoms with Crippen LogP contribution >= 0.6 is 0 Å². The second-order valence-electron chi connectivity index (χ2n) is 11.7. The highest BCUT2D eigenvalue weighted by Crippen LogP contribution is 2.45. The average Bonchev–Trinajstić information content (AvgIpc) is 3.86. The minimum Gasteiger partial charge on any atom is -0.369 e. The van der Waals surface area contributed by atoms with Crippen LogP contribution in [0.5, 0.6) is 0 Å². The fraction of sp³-hybridized carbons (Fsp3) is 0.419. The van der Waals surface area contributed by atoms with Crippen LogP contribution in [0.3, 0.4) is 0 Å². The van der Waals surface area contributed by atoms with Crippen LogP contribution in [0, 0.1) is 0 Å². The lowest BCUT2D eigenvalue weighted by atomic mass is 10.1. The van der Waals surface area contributed by atoms with Crippen molar-refractivity contribution in [1.29, 1.82) is 0 Å². The Morgan fingerprint density at radius 2 is 1.79 bits per heavy atom. The third-order valence-electron chi connectivity index (χ3n) is 8.51. The van der Waals surface area contributed by atoms with E-state index in [0.717, 1.165) is 66.9 Å². The SMILES string of the molecule is CN1CCN(c2cccc(Nc3cc(-c4nc(N5CCNC(C(F)(F)F)C5)c5c(C6CC6)cncc5n4)ccn3)c2)CC1. The summed E-state index contributed by atoms with van der Waals surface area (Å²) in [5.41, 5.74) is 4.44. The molecule has 5 heterocycles. The molecule has 1 aliphatic carbocycles. The van der Waals surface area contributed by atoms with E-state index in [1.807, 2.05) is 30.5 Å². The smallest absolute Gasteiger partial charge is 0.369 e. The van der Waals surface area contributed by atoms with Crippen molar-refractivity contribution in [3.63, 3.8) is 0 Å². The van der Waals surface area contributed by atoms with Gasteiger partial charge in [-0.2, -0.15) is 13.2 Å². The van der Waals surface area contributed by atoms with Crippen LogP contribution in [-0.2, 0) is 0 Å². The first-order valence-electron chi connectivity index (χ1n) is 14.8. The molecule has 12 heteroatoms. The fourth-order valence-electron chi connectivity index (χ4n) is 5.94. The molecule has 1 saturated carbocycles. The zero-order valence-electron chi connectivity index (χ0n) is 24.0. The third kappa shape index (κ3) is 5.94. The van der Waals surface area contributed by atoms with Crippen molar-refractivity contribution in [3.8, 4) is 11.4 Å². The minimum atomic E-state index is -4.35. The minimum absolute atomic E-state index is 0.214. The number of hydrogen-bond donors (Lipinski definition) is 2. The van der Waals surface area contributed by atoms with Gasteiger partial charge in [-0.3, -0.25) is 4.98 Å². The maximum absolute atomic E-state index is 13.7. The summed E-state index contributed by atoms with van der Waals surface area (Å²) in [7, 11) is 2.14. The molecule has 3 aromatic heterocycles. The van der Waals surface area contributed by atoms with E-state index in [9.17, 15) is 13.2 Å². The zero-order valence-corrected chi connectivity index (χ0v) is 24.0. The van der Waals surface area contributed by atoms with Gasteiger partial charge in [0.25, 0.3) is 0 Å². The van der Waals surface area contributed by atoms with Gasteiger partial charge < -0.3 is 25.3 Å². The number of anilines is 4. The highest BCUT2D eigenvalue weighted by Gasteiger charge is 2.42. The van der Waals surface area contributed by atoms with Gasteiger partial charge in [-0.1, -0.05) is 6.07 Å². The third-order valence-corrected chi connectivity index (χ3v) is 8.51. The van der Waals surface area contributed by atoms with E-state index in [1.165, 1.54) is 0 Å². The van der Waals surface area contributed by atoms with Gasteiger partial charge in [-0.25, -0.2) is 15.0 Å². The number of rotatable bonds is 6. The number of piperazine rings is 2. The average molecular weight is 590 g/mol. The van der Waals surface area contributed by atoms with Crippen LogP contribution in [0.15, 0.2) is 55.0 Å². The largest absolute Gasteiger partial charge is 0.405 e. The molecule has 7 rings (SSSR count). The first-order chi connectivity index (χ1) is 20.8. The molecule has 2 N–H and O–H groups in total. The van der Waals surface area contributed by atoms with Gasteiger partial charge in [-0.05, 0) is 61.7 Å². The molecule has 2 saturated heterocycles. The maximum atomic E-state index is 13.7. The van der Waals surface area contributed by atoms with E-state index in [1.54, 1.807) is 17.3 Å². The van der Waals surface area contributed by atoms with Crippen LogP contribution in [0.1, 0.15) is 24.3 Å². The highest BCUT2D eigenvalue weighted by atomic mass is 19.4. The van der Waals surface area contributed by atoms with Crippen molar-refractivity contribution in [2.45, 2.75) is 31.0 Å². The molecule has 0 radical (unpaired) electrons. The van der Waals surface area contributed by atoms with Crippen molar-refractivity contribution < 1.29 is 13.2 Å². The number of aromatic nitrogens is 4. The summed E-state index contributed by atoms with van der Waals surface area (Å²) < 4.78 is 41.2. The van der Waals surface area contributed by atoms with Gasteiger partial charge in [0.1, 0.15) is 17.7 Å². The van der Waals surface area contributed by atoms with Crippen LogP contribution in [0.2, 0.25) is 0 Å². The second-order valence-corrected chi connectivity index (χ2v) is 11.7. The van der Waals surface area contributed by atoms with E-state index in [4.69, 9.17) is 9.97 Å². The number of pyridine rings is 2.